The third-order valence-electron chi connectivity index (χ3n) is 11.9. The Balaban J connectivity index is 0.000000523. The SMILES string of the molecule is Cc1ccc(S)c(C)c1.Cc1ccc(Sc2ccccc2N)c(C)c1.Cc1ccc(Sc2ccccc2N2CCNCC2)c(C)c1.Cc1ccc(Sc2ccccc2[N+](=O)[O-])c(C)c1.Cl.ClCCNCCCl.I.II.O=[N+]([O-])c1ccccc1Cl. The molecule has 85 heavy (non-hydrogen) atoms. The van der Waals surface area contributed by atoms with Crippen LogP contribution in [0.4, 0.5) is 22.7 Å². The molecule has 1 aliphatic rings. The summed E-state index contributed by atoms with van der Waals surface area (Å²) in [5.41, 5.74) is 18.4. The number of thiol groups is 1. The van der Waals surface area contributed by atoms with Crippen LogP contribution in [-0.2, 0) is 0 Å². The van der Waals surface area contributed by atoms with Crippen LogP contribution in [0.25, 0.3) is 0 Å². The van der Waals surface area contributed by atoms with E-state index in [1.807, 2.05) is 68.1 Å². The molecule has 1 fully saturated rings. The number of anilines is 2. The molecule has 1 heterocycles. The van der Waals surface area contributed by atoms with Gasteiger partial charge in [-0.25, -0.2) is 0 Å². The lowest BCUT2D eigenvalue weighted by atomic mass is 10.2. The average Bonchev–Trinajstić information content (AvgIpc) is 3.65. The van der Waals surface area contributed by atoms with Crippen molar-refractivity contribution in [1.82, 2.24) is 10.6 Å². The van der Waals surface area contributed by atoms with E-state index in [4.69, 9.17) is 40.5 Å². The Morgan fingerprint density at radius 2 is 0.918 bits per heavy atom. The molecule has 0 aliphatic carbocycles. The Kier molecular flexibility index (Phi) is 42.4. The molecule has 0 spiro atoms. The number of piperazine rings is 1. The molecule has 0 bridgehead atoms. The van der Waals surface area contributed by atoms with Gasteiger partial charge in [0.2, 0.25) is 0 Å². The van der Waals surface area contributed by atoms with Gasteiger partial charge in [-0.2, -0.15) is 0 Å². The smallest absolute Gasteiger partial charge is 0.287 e. The number of rotatable bonds is 13. The molecule has 0 amide bonds. The number of nitro groups is 2. The second-order valence-electron chi connectivity index (χ2n) is 18.7. The van der Waals surface area contributed by atoms with Crippen LogP contribution in [0.2, 0.25) is 5.02 Å². The maximum Gasteiger partial charge on any atom is 0.287 e. The summed E-state index contributed by atoms with van der Waals surface area (Å²) < 4.78 is 0. The number of nitro benzene ring substituents is 2. The van der Waals surface area contributed by atoms with Crippen molar-refractivity contribution in [3.8, 4) is 0 Å². The summed E-state index contributed by atoms with van der Waals surface area (Å²) in [5, 5.41) is 27.7. The van der Waals surface area contributed by atoms with Crippen molar-refractivity contribution in [2.24, 2.45) is 0 Å². The molecule has 458 valence electrons. The standard InChI is InChI=1S/C18H22N2S.C14H13NO2S.C14H15NS.C8H10S.C6H4ClNO2.C4H9Cl2N.ClH.I2.HI/c1-14-7-8-17(15(2)13-14)21-18-6-4-3-5-16(18)20-11-9-19-10-12-20;1-10-7-8-13(11(2)9-10)18-14-6-4-3-5-12(14)15(16)17;1-10-7-8-13(11(2)9-10)16-14-6-4-3-5-12(14)15;1-6-3-4-8(9)7(2)5-6;7-5-3-1-2-4-6(5)8(9)10;5-1-3-7-4-2-6;;1-2;/h3-8,13,19H,9-12H2,1-2H3;3-9H,1-2H3;3-9H,15H2,1-2H3;3-5,9H,1-2H3;1-4H;7H,1-4H2;1H;;1H. The lowest BCUT2D eigenvalue weighted by Crippen LogP contribution is -2.43. The summed E-state index contributed by atoms with van der Waals surface area (Å²) in [6.45, 7) is 22.8. The molecule has 0 radical (unpaired) electrons. The van der Waals surface area contributed by atoms with Gasteiger partial charge in [0, 0.05) is 135 Å². The van der Waals surface area contributed by atoms with E-state index < -0.39 is 4.92 Å². The van der Waals surface area contributed by atoms with Gasteiger partial charge in [-0.3, -0.25) is 20.2 Å². The van der Waals surface area contributed by atoms with Crippen molar-refractivity contribution in [2.45, 2.75) is 89.7 Å². The van der Waals surface area contributed by atoms with E-state index in [2.05, 4.69) is 192 Å². The van der Waals surface area contributed by atoms with E-state index in [0.717, 1.165) is 65.2 Å². The van der Waals surface area contributed by atoms with Crippen LogP contribution in [0.5, 0.6) is 0 Å². The first-order chi connectivity index (χ1) is 39.8. The quantitative estimate of drug-likeness (QED) is 0.0167. The third-order valence-corrected chi connectivity index (χ3v) is 16.9. The predicted octanol–water partition coefficient (Wildman–Crippen LogP) is 21.0. The minimum Gasteiger partial charge on any atom is -0.398 e. The zero-order valence-electron chi connectivity index (χ0n) is 48.8. The van der Waals surface area contributed by atoms with Crippen LogP contribution in [0, 0.1) is 75.6 Å². The highest BCUT2D eigenvalue weighted by Crippen LogP contribution is 2.39. The molecule has 0 atom stereocenters. The van der Waals surface area contributed by atoms with Crippen molar-refractivity contribution >= 4 is 179 Å². The Hall–Kier alpha value is -3.17. The van der Waals surface area contributed by atoms with Crippen LogP contribution in [0.15, 0.2) is 204 Å². The number of benzene rings is 8. The minimum atomic E-state index is -0.512. The van der Waals surface area contributed by atoms with Gasteiger partial charge in [0.05, 0.1) is 20.4 Å². The molecule has 10 nitrogen and oxygen atoms in total. The van der Waals surface area contributed by atoms with E-state index in [0.29, 0.717) is 16.7 Å². The van der Waals surface area contributed by atoms with Gasteiger partial charge in [-0.15, -0.1) is 72.2 Å². The van der Waals surface area contributed by atoms with Gasteiger partial charge in [-0.05, 0) is 138 Å². The normalized spacial score (nSPS) is 10.9. The largest absolute Gasteiger partial charge is 0.398 e. The second kappa shape index (κ2) is 45.1. The number of nitrogens with one attached hydrogen (secondary N) is 2. The molecule has 0 unspecified atom stereocenters. The van der Waals surface area contributed by atoms with Crippen molar-refractivity contribution in [3.63, 3.8) is 0 Å². The number of alkyl halides is 2. The molecule has 0 aromatic heterocycles. The molecule has 9 rings (SSSR count). The van der Waals surface area contributed by atoms with Gasteiger partial charge < -0.3 is 21.3 Å². The first-order valence-corrected chi connectivity index (χ1v) is 36.9. The number of nitrogens with zero attached hydrogens (tertiary/aromatic N) is 3. The van der Waals surface area contributed by atoms with Gasteiger partial charge in [0.1, 0.15) is 5.02 Å². The molecule has 1 aliphatic heterocycles. The number of hydrogen-bond donors (Lipinski definition) is 4. The zero-order chi connectivity index (χ0) is 61.3. The Morgan fingerprint density at radius 3 is 1.33 bits per heavy atom. The van der Waals surface area contributed by atoms with Crippen molar-refractivity contribution in [1.29, 1.82) is 0 Å². The summed E-state index contributed by atoms with van der Waals surface area (Å²) in [6, 6.07) is 55.1. The fourth-order valence-electron chi connectivity index (χ4n) is 7.74. The van der Waals surface area contributed by atoms with Gasteiger partial charge in [0.25, 0.3) is 11.4 Å². The number of nitrogens with two attached hydrogens (primary N) is 1. The Morgan fingerprint density at radius 1 is 0.541 bits per heavy atom. The van der Waals surface area contributed by atoms with E-state index >= 15 is 0 Å². The number of halogens is 7. The van der Waals surface area contributed by atoms with E-state index in [1.54, 1.807) is 36.0 Å². The van der Waals surface area contributed by atoms with Crippen LogP contribution in [0.3, 0.4) is 0 Å². The Labute approximate surface area is 583 Å². The first kappa shape index (κ1) is 79.8. The van der Waals surface area contributed by atoms with Crippen molar-refractivity contribution in [2.75, 3.05) is 61.7 Å². The highest BCUT2D eigenvalue weighted by molar-refractivity contribution is 15.0. The number of hydrogen-bond acceptors (Lipinski definition) is 12. The van der Waals surface area contributed by atoms with Crippen LogP contribution in [-0.4, -0.2) is 60.9 Å². The molecule has 21 heteroatoms. The van der Waals surface area contributed by atoms with Gasteiger partial charge >= 0.3 is 0 Å². The molecular formula is C64H75Cl4I3N6O4S4. The monoisotopic (exact) mass is 1640 g/mol. The highest BCUT2D eigenvalue weighted by Gasteiger charge is 2.16. The molecule has 1 saturated heterocycles. The lowest BCUT2D eigenvalue weighted by Gasteiger charge is -2.31. The van der Waals surface area contributed by atoms with Crippen LogP contribution < -0.4 is 21.3 Å². The van der Waals surface area contributed by atoms with E-state index in [9.17, 15) is 20.2 Å². The molecular weight excluding hydrogens is 1570 g/mol. The van der Waals surface area contributed by atoms with Crippen LogP contribution in [0.1, 0.15) is 44.5 Å². The number of aryl methyl sites for hydroxylation is 8. The van der Waals surface area contributed by atoms with Gasteiger partial charge in [0.15, 0.2) is 0 Å². The van der Waals surface area contributed by atoms with E-state index in [-0.39, 0.29) is 57.7 Å². The van der Waals surface area contributed by atoms with Crippen molar-refractivity contribution < 1.29 is 9.85 Å². The molecule has 0 saturated carbocycles. The topological polar surface area (TPSA) is 140 Å². The maximum absolute atomic E-state index is 10.9. The van der Waals surface area contributed by atoms with E-state index in [1.165, 1.54) is 89.3 Å². The van der Waals surface area contributed by atoms with Crippen LogP contribution >= 0.6 is 156 Å². The average molecular weight is 1640 g/mol. The number of nitrogen functional groups attached to an aromatic ring is 1. The summed E-state index contributed by atoms with van der Waals surface area (Å²) >= 11 is 29.7. The lowest BCUT2D eigenvalue weighted by molar-refractivity contribution is -0.387. The molecule has 8 aromatic carbocycles. The zero-order valence-corrected chi connectivity index (χ0v) is 61.8. The van der Waals surface area contributed by atoms with Crippen molar-refractivity contribution in [3.05, 3.63) is 240 Å². The first-order valence-electron chi connectivity index (χ1n) is 26.3. The maximum atomic E-state index is 10.9. The predicted molar refractivity (Wildman–Crippen MR) is 402 cm³/mol. The minimum absolute atomic E-state index is 0. The fraction of sp³-hybridized carbons (Fsp3) is 0.250. The third kappa shape index (κ3) is 30.3. The summed E-state index contributed by atoms with van der Waals surface area (Å²) in [6.07, 6.45) is 0. The highest BCUT2D eigenvalue weighted by atomic mass is 128. The summed E-state index contributed by atoms with van der Waals surface area (Å²) in [5.74, 6) is 1.33. The fourth-order valence-corrected chi connectivity index (χ4v) is 11.3. The summed E-state index contributed by atoms with van der Waals surface area (Å²) in [4.78, 5) is 30.6. The van der Waals surface area contributed by atoms with Gasteiger partial charge in [-0.1, -0.05) is 166 Å². The molecule has 8 aromatic rings. The Bertz CT molecular complexity index is 3280. The number of para-hydroxylation sites is 4. The summed E-state index contributed by atoms with van der Waals surface area (Å²) in [7, 11) is 0. The molecule has 4 N–H and O–H groups in total. The second-order valence-corrected chi connectivity index (χ2v) is 23.6.